The number of aliphatic hydroxyl groups excluding tert-OH is 1. The van der Waals surface area contributed by atoms with E-state index in [0.717, 1.165) is 18.8 Å². The van der Waals surface area contributed by atoms with Crippen LogP contribution in [-0.4, -0.2) is 17.8 Å². The molecule has 0 heterocycles. The third kappa shape index (κ3) is 4.60. The van der Waals surface area contributed by atoms with Gasteiger partial charge in [0.05, 0.1) is 0 Å². The van der Waals surface area contributed by atoms with Crippen molar-refractivity contribution in [3.63, 3.8) is 0 Å². The van der Waals surface area contributed by atoms with Crippen molar-refractivity contribution in [1.82, 2.24) is 5.32 Å². The van der Waals surface area contributed by atoms with Gasteiger partial charge in [0.2, 0.25) is 0 Å². The van der Waals surface area contributed by atoms with Gasteiger partial charge in [0.25, 0.3) is 0 Å². The van der Waals surface area contributed by atoms with Gasteiger partial charge in [0.15, 0.2) is 0 Å². The van der Waals surface area contributed by atoms with E-state index in [2.05, 4.69) is 42.6 Å². The molecule has 1 aliphatic carbocycles. The Balaban J connectivity index is 2.03. The minimum atomic E-state index is 0.297. The molecular weight excluding hydrogens is 246 g/mol. The predicted molar refractivity (Wildman–Crippen MR) is 84.7 cm³/mol. The maximum Gasteiger partial charge on any atom is 0.0431 e. The molecule has 20 heavy (non-hydrogen) atoms. The van der Waals surface area contributed by atoms with E-state index in [1.807, 2.05) is 0 Å². The molecule has 0 aromatic heterocycles. The highest BCUT2D eigenvalue weighted by molar-refractivity contribution is 5.20. The zero-order valence-electron chi connectivity index (χ0n) is 12.7. The lowest BCUT2D eigenvalue weighted by molar-refractivity contribution is 0.240. The molecule has 1 fully saturated rings. The molecule has 1 aromatic rings. The fourth-order valence-corrected chi connectivity index (χ4v) is 3.42. The van der Waals surface area contributed by atoms with Crippen LogP contribution < -0.4 is 5.32 Å². The molecule has 0 saturated heterocycles. The SMILES string of the molecule is CC(CCCO)NC(c1ccccc1)C1CCCCC1. The first-order valence-electron chi connectivity index (χ1n) is 8.23. The maximum atomic E-state index is 8.99. The van der Waals surface area contributed by atoms with Gasteiger partial charge >= 0.3 is 0 Å². The van der Waals surface area contributed by atoms with E-state index in [-0.39, 0.29) is 0 Å². The third-order valence-corrected chi connectivity index (χ3v) is 4.54. The molecule has 2 rings (SSSR count). The van der Waals surface area contributed by atoms with Crippen LogP contribution in [0, 0.1) is 5.92 Å². The Morgan fingerprint density at radius 2 is 1.85 bits per heavy atom. The molecule has 1 aromatic carbocycles. The van der Waals surface area contributed by atoms with Crippen molar-refractivity contribution in [2.45, 2.75) is 64.0 Å². The number of rotatable bonds is 7. The van der Waals surface area contributed by atoms with E-state index in [4.69, 9.17) is 5.11 Å². The summed E-state index contributed by atoms with van der Waals surface area (Å²) in [6, 6.07) is 11.8. The fourth-order valence-electron chi connectivity index (χ4n) is 3.42. The summed E-state index contributed by atoms with van der Waals surface area (Å²) in [7, 11) is 0. The molecule has 0 radical (unpaired) electrons. The van der Waals surface area contributed by atoms with Crippen LogP contribution in [0.4, 0.5) is 0 Å². The topological polar surface area (TPSA) is 32.3 Å². The Bertz CT molecular complexity index is 359. The van der Waals surface area contributed by atoms with Crippen molar-refractivity contribution in [3.8, 4) is 0 Å². The molecular formula is C18H29NO. The van der Waals surface area contributed by atoms with E-state index in [9.17, 15) is 0 Å². The Labute approximate surface area is 123 Å². The largest absolute Gasteiger partial charge is 0.396 e. The van der Waals surface area contributed by atoms with Crippen LogP contribution in [0.15, 0.2) is 30.3 Å². The number of hydrogen-bond acceptors (Lipinski definition) is 2. The van der Waals surface area contributed by atoms with Gasteiger partial charge in [0, 0.05) is 18.7 Å². The van der Waals surface area contributed by atoms with Crippen molar-refractivity contribution >= 4 is 0 Å². The molecule has 2 N–H and O–H groups in total. The van der Waals surface area contributed by atoms with Gasteiger partial charge in [-0.25, -0.2) is 0 Å². The first kappa shape index (κ1) is 15.5. The molecule has 2 unspecified atom stereocenters. The van der Waals surface area contributed by atoms with Crippen LogP contribution in [0.3, 0.4) is 0 Å². The van der Waals surface area contributed by atoms with Crippen LogP contribution in [0.2, 0.25) is 0 Å². The second kappa shape index (κ2) is 8.43. The van der Waals surface area contributed by atoms with E-state index in [1.165, 1.54) is 37.7 Å². The second-order valence-corrected chi connectivity index (χ2v) is 6.22. The summed E-state index contributed by atoms with van der Waals surface area (Å²) in [6.45, 7) is 2.54. The summed E-state index contributed by atoms with van der Waals surface area (Å²) in [5.41, 5.74) is 1.43. The number of hydrogen-bond donors (Lipinski definition) is 2. The predicted octanol–water partition coefficient (Wildman–Crippen LogP) is 4.06. The summed E-state index contributed by atoms with van der Waals surface area (Å²) < 4.78 is 0. The normalized spacial score (nSPS) is 19.7. The highest BCUT2D eigenvalue weighted by atomic mass is 16.2. The molecule has 2 heteroatoms. The number of nitrogens with one attached hydrogen (secondary N) is 1. The molecule has 0 spiro atoms. The van der Waals surface area contributed by atoms with Gasteiger partial charge in [-0.3, -0.25) is 0 Å². The highest BCUT2D eigenvalue weighted by Crippen LogP contribution is 2.34. The number of benzene rings is 1. The molecule has 112 valence electrons. The lowest BCUT2D eigenvalue weighted by atomic mass is 9.80. The minimum Gasteiger partial charge on any atom is -0.396 e. The molecule has 0 bridgehead atoms. The van der Waals surface area contributed by atoms with Crippen LogP contribution in [0.1, 0.15) is 63.5 Å². The van der Waals surface area contributed by atoms with Crippen LogP contribution in [-0.2, 0) is 0 Å². The average Bonchev–Trinajstić information content (AvgIpc) is 2.52. The van der Waals surface area contributed by atoms with Gasteiger partial charge < -0.3 is 10.4 Å². The first-order chi connectivity index (χ1) is 9.81. The average molecular weight is 275 g/mol. The quantitative estimate of drug-likeness (QED) is 0.786. The monoisotopic (exact) mass is 275 g/mol. The summed E-state index contributed by atoms with van der Waals surface area (Å²) in [6.07, 6.45) is 8.78. The summed E-state index contributed by atoms with van der Waals surface area (Å²) in [4.78, 5) is 0. The van der Waals surface area contributed by atoms with Crippen molar-refractivity contribution in [1.29, 1.82) is 0 Å². The standard InChI is InChI=1S/C18H29NO/c1-15(9-8-14-20)19-18(16-10-4-2-5-11-16)17-12-6-3-7-13-17/h2,4-5,10-11,15,17-20H,3,6-9,12-14H2,1H3. The smallest absolute Gasteiger partial charge is 0.0431 e. The molecule has 0 amide bonds. The zero-order valence-corrected chi connectivity index (χ0v) is 12.7. The van der Waals surface area contributed by atoms with Gasteiger partial charge in [-0.15, -0.1) is 0 Å². The molecule has 0 aliphatic heterocycles. The van der Waals surface area contributed by atoms with Crippen molar-refractivity contribution in [3.05, 3.63) is 35.9 Å². The van der Waals surface area contributed by atoms with E-state index in [0.29, 0.717) is 18.7 Å². The lowest BCUT2D eigenvalue weighted by Crippen LogP contribution is -2.36. The Hall–Kier alpha value is -0.860. The highest BCUT2D eigenvalue weighted by Gasteiger charge is 2.25. The van der Waals surface area contributed by atoms with Crippen LogP contribution >= 0.6 is 0 Å². The summed E-state index contributed by atoms with van der Waals surface area (Å²) >= 11 is 0. The fraction of sp³-hybridized carbons (Fsp3) is 0.667. The van der Waals surface area contributed by atoms with Gasteiger partial charge in [0.1, 0.15) is 0 Å². The first-order valence-corrected chi connectivity index (χ1v) is 8.23. The van der Waals surface area contributed by atoms with Crippen LogP contribution in [0.5, 0.6) is 0 Å². The van der Waals surface area contributed by atoms with Crippen molar-refractivity contribution in [2.75, 3.05) is 6.61 Å². The zero-order chi connectivity index (χ0) is 14.2. The maximum absolute atomic E-state index is 8.99. The number of aliphatic hydroxyl groups is 1. The van der Waals surface area contributed by atoms with E-state index in [1.54, 1.807) is 0 Å². The lowest BCUT2D eigenvalue weighted by Gasteiger charge is -2.33. The van der Waals surface area contributed by atoms with Gasteiger partial charge in [-0.1, -0.05) is 49.6 Å². The second-order valence-electron chi connectivity index (χ2n) is 6.22. The van der Waals surface area contributed by atoms with Crippen molar-refractivity contribution in [2.24, 2.45) is 5.92 Å². The Morgan fingerprint density at radius 1 is 1.15 bits per heavy atom. The van der Waals surface area contributed by atoms with Gasteiger partial charge in [-0.2, -0.15) is 0 Å². The molecule has 2 atom stereocenters. The molecule has 1 aliphatic rings. The summed E-state index contributed by atoms with van der Waals surface area (Å²) in [5.74, 6) is 0.766. The van der Waals surface area contributed by atoms with E-state index >= 15 is 0 Å². The van der Waals surface area contributed by atoms with Gasteiger partial charge in [-0.05, 0) is 44.1 Å². The van der Waals surface area contributed by atoms with E-state index < -0.39 is 0 Å². The molecule has 1 saturated carbocycles. The Morgan fingerprint density at radius 3 is 2.50 bits per heavy atom. The van der Waals surface area contributed by atoms with Crippen molar-refractivity contribution < 1.29 is 5.11 Å². The Kier molecular flexibility index (Phi) is 6.55. The molecule has 2 nitrogen and oxygen atoms in total. The van der Waals surface area contributed by atoms with Crippen LogP contribution in [0.25, 0.3) is 0 Å². The third-order valence-electron chi connectivity index (χ3n) is 4.54. The minimum absolute atomic E-state index is 0.297. The summed E-state index contributed by atoms with van der Waals surface area (Å²) in [5, 5.41) is 12.8.